The number of rotatable bonds is 4. The van der Waals surface area contributed by atoms with Crippen LogP contribution in [0.3, 0.4) is 0 Å². The summed E-state index contributed by atoms with van der Waals surface area (Å²) in [7, 11) is 0. The summed E-state index contributed by atoms with van der Waals surface area (Å²) in [6, 6.07) is 4.47. The van der Waals surface area contributed by atoms with Crippen molar-refractivity contribution in [3.8, 4) is 0 Å². The number of Topliss-reactive ketones (excluding diaryl/α,β-unsaturated/α-hetero) is 1. The second kappa shape index (κ2) is 5.12. The van der Waals surface area contributed by atoms with Crippen LogP contribution in [0, 0.1) is 10.1 Å². The van der Waals surface area contributed by atoms with E-state index < -0.39 is 10.9 Å². The molecular weight excluding hydrogens is 264 g/mol. The zero-order chi connectivity index (χ0) is 14.9. The van der Waals surface area contributed by atoms with Gasteiger partial charge in [-0.1, -0.05) is 0 Å². The van der Waals surface area contributed by atoms with Crippen molar-refractivity contribution in [3.63, 3.8) is 0 Å². The number of aromatic nitrogens is 1. The van der Waals surface area contributed by atoms with E-state index in [1.807, 2.05) is 0 Å². The average Bonchev–Trinajstić information content (AvgIpc) is 2.77. The molecule has 1 aromatic carbocycles. The topological polar surface area (TPSA) is 102 Å². The Morgan fingerprint density at radius 1 is 1.40 bits per heavy atom. The molecule has 0 atom stereocenters. The van der Waals surface area contributed by atoms with Crippen LogP contribution in [0.15, 0.2) is 18.2 Å². The third kappa shape index (κ3) is 2.25. The lowest BCUT2D eigenvalue weighted by atomic mass is 10.1. The summed E-state index contributed by atoms with van der Waals surface area (Å²) in [5, 5.41) is 11.4. The number of hydrogen-bond donors (Lipinski definition) is 1. The van der Waals surface area contributed by atoms with Crippen molar-refractivity contribution in [1.29, 1.82) is 0 Å². The first-order valence-corrected chi connectivity index (χ1v) is 5.93. The molecule has 0 amide bonds. The Morgan fingerprint density at radius 3 is 2.65 bits per heavy atom. The van der Waals surface area contributed by atoms with Gasteiger partial charge < -0.3 is 9.72 Å². The number of carbonyl (C=O) groups excluding carboxylic acids is 2. The second-order valence-electron chi connectivity index (χ2n) is 4.14. The predicted molar refractivity (Wildman–Crippen MR) is 70.9 cm³/mol. The van der Waals surface area contributed by atoms with E-state index in [-0.39, 0.29) is 29.2 Å². The van der Waals surface area contributed by atoms with E-state index in [9.17, 15) is 19.7 Å². The minimum Gasteiger partial charge on any atom is -0.461 e. The molecule has 2 aromatic rings. The summed E-state index contributed by atoms with van der Waals surface area (Å²) >= 11 is 0. The summed E-state index contributed by atoms with van der Waals surface area (Å²) < 4.78 is 4.78. The number of ether oxygens (including phenoxy) is 1. The van der Waals surface area contributed by atoms with Crippen molar-refractivity contribution in [2.24, 2.45) is 0 Å². The first-order chi connectivity index (χ1) is 9.45. The van der Waals surface area contributed by atoms with Crippen molar-refractivity contribution in [1.82, 2.24) is 4.98 Å². The molecule has 1 heterocycles. The van der Waals surface area contributed by atoms with E-state index in [1.54, 1.807) is 13.0 Å². The van der Waals surface area contributed by atoms with E-state index in [0.717, 1.165) is 0 Å². The Bertz CT molecular complexity index is 717. The summed E-state index contributed by atoms with van der Waals surface area (Å²) in [4.78, 5) is 36.3. The number of fused-ring (bicyclic) bond motifs is 1. The van der Waals surface area contributed by atoms with Crippen LogP contribution in [0.25, 0.3) is 10.9 Å². The highest BCUT2D eigenvalue weighted by Gasteiger charge is 2.28. The van der Waals surface area contributed by atoms with Crippen LogP contribution in [0.2, 0.25) is 0 Å². The standard InChI is InChI=1S/C13H12N2O5/c1-3-20-13(17)11-12(15(18)19)9-6-8(7(2)16)4-5-10(9)14-11/h4-6,14H,3H2,1-2H3. The number of nitro groups is 1. The van der Waals surface area contributed by atoms with Gasteiger partial charge in [-0.25, -0.2) is 4.79 Å². The number of esters is 1. The smallest absolute Gasteiger partial charge is 0.362 e. The van der Waals surface area contributed by atoms with Gasteiger partial charge in [0.1, 0.15) is 0 Å². The van der Waals surface area contributed by atoms with Crippen molar-refractivity contribution in [2.45, 2.75) is 13.8 Å². The summed E-state index contributed by atoms with van der Waals surface area (Å²) in [5.41, 5.74) is 0.161. The average molecular weight is 276 g/mol. The van der Waals surface area contributed by atoms with Crippen LogP contribution >= 0.6 is 0 Å². The lowest BCUT2D eigenvalue weighted by Crippen LogP contribution is -2.07. The molecule has 1 N–H and O–H groups in total. The minimum absolute atomic E-state index is 0.115. The maximum absolute atomic E-state index is 11.7. The van der Waals surface area contributed by atoms with Crippen LogP contribution in [0.4, 0.5) is 5.69 Å². The second-order valence-corrected chi connectivity index (χ2v) is 4.14. The molecule has 0 aliphatic heterocycles. The van der Waals surface area contributed by atoms with Gasteiger partial charge >= 0.3 is 11.7 Å². The van der Waals surface area contributed by atoms with Gasteiger partial charge in [0.15, 0.2) is 5.78 Å². The fourth-order valence-electron chi connectivity index (χ4n) is 1.94. The third-order valence-electron chi connectivity index (χ3n) is 2.84. The van der Waals surface area contributed by atoms with Gasteiger partial charge in [-0.3, -0.25) is 14.9 Å². The number of hydrogen-bond acceptors (Lipinski definition) is 5. The quantitative estimate of drug-likeness (QED) is 0.400. The monoisotopic (exact) mass is 276 g/mol. The van der Waals surface area contributed by atoms with Crippen molar-refractivity contribution in [2.75, 3.05) is 6.61 Å². The summed E-state index contributed by atoms with van der Waals surface area (Å²) in [6.45, 7) is 3.09. The fraction of sp³-hybridized carbons (Fsp3) is 0.231. The maximum atomic E-state index is 11.7. The number of benzene rings is 1. The largest absolute Gasteiger partial charge is 0.461 e. The van der Waals surface area contributed by atoms with Crippen LogP contribution in [0.5, 0.6) is 0 Å². The van der Waals surface area contributed by atoms with Gasteiger partial charge in [0.05, 0.1) is 22.4 Å². The van der Waals surface area contributed by atoms with Crippen LogP contribution in [-0.2, 0) is 4.74 Å². The lowest BCUT2D eigenvalue weighted by molar-refractivity contribution is -0.383. The van der Waals surface area contributed by atoms with E-state index in [4.69, 9.17) is 4.74 Å². The highest BCUT2D eigenvalue weighted by molar-refractivity contribution is 6.06. The number of aromatic amines is 1. The summed E-state index contributed by atoms with van der Waals surface area (Å²) in [5.74, 6) is -1.00. The molecule has 104 valence electrons. The third-order valence-corrected chi connectivity index (χ3v) is 2.84. The lowest BCUT2D eigenvalue weighted by Gasteiger charge is -1.98. The van der Waals surface area contributed by atoms with E-state index >= 15 is 0 Å². The molecule has 0 spiro atoms. The number of nitrogens with zero attached hydrogens (tertiary/aromatic N) is 1. The molecular formula is C13H12N2O5. The summed E-state index contributed by atoms with van der Waals surface area (Å²) in [6.07, 6.45) is 0. The molecule has 1 aromatic heterocycles. The number of carbonyl (C=O) groups is 2. The Balaban J connectivity index is 2.71. The molecule has 0 radical (unpaired) electrons. The Hall–Kier alpha value is -2.70. The Labute approximate surface area is 113 Å². The van der Waals surface area contributed by atoms with Crippen LogP contribution in [0.1, 0.15) is 34.7 Å². The minimum atomic E-state index is -0.792. The molecule has 0 aliphatic rings. The van der Waals surface area contributed by atoms with Gasteiger partial charge in [-0.15, -0.1) is 0 Å². The first-order valence-electron chi connectivity index (χ1n) is 5.93. The molecule has 0 unspecified atom stereocenters. The zero-order valence-electron chi connectivity index (χ0n) is 10.9. The molecule has 0 saturated carbocycles. The zero-order valence-corrected chi connectivity index (χ0v) is 10.9. The Morgan fingerprint density at radius 2 is 2.10 bits per heavy atom. The molecule has 2 rings (SSSR count). The maximum Gasteiger partial charge on any atom is 0.362 e. The number of ketones is 1. The van der Waals surface area contributed by atoms with Gasteiger partial charge in [-0.2, -0.15) is 0 Å². The first kappa shape index (κ1) is 13.7. The molecule has 0 aliphatic carbocycles. The highest BCUT2D eigenvalue weighted by atomic mass is 16.6. The van der Waals surface area contributed by atoms with Gasteiger partial charge in [0, 0.05) is 5.56 Å². The molecule has 0 bridgehead atoms. The van der Waals surface area contributed by atoms with Crippen LogP contribution < -0.4 is 0 Å². The molecule has 7 nitrogen and oxygen atoms in total. The number of nitrogens with one attached hydrogen (secondary N) is 1. The van der Waals surface area contributed by atoms with Gasteiger partial charge in [0.2, 0.25) is 5.69 Å². The normalized spacial score (nSPS) is 10.5. The molecule has 20 heavy (non-hydrogen) atoms. The fourth-order valence-corrected chi connectivity index (χ4v) is 1.94. The van der Waals surface area contributed by atoms with Crippen molar-refractivity contribution >= 4 is 28.3 Å². The van der Waals surface area contributed by atoms with E-state index in [0.29, 0.717) is 11.1 Å². The van der Waals surface area contributed by atoms with E-state index in [2.05, 4.69) is 4.98 Å². The van der Waals surface area contributed by atoms with Gasteiger partial charge in [0.25, 0.3) is 0 Å². The van der Waals surface area contributed by atoms with Crippen molar-refractivity contribution < 1.29 is 19.2 Å². The molecule has 7 heteroatoms. The Kier molecular flexibility index (Phi) is 3.51. The van der Waals surface area contributed by atoms with Crippen LogP contribution in [-0.4, -0.2) is 28.3 Å². The van der Waals surface area contributed by atoms with E-state index in [1.165, 1.54) is 19.1 Å². The highest BCUT2D eigenvalue weighted by Crippen LogP contribution is 2.31. The molecule has 0 saturated heterocycles. The number of H-pyrrole nitrogens is 1. The molecule has 0 fully saturated rings. The van der Waals surface area contributed by atoms with Gasteiger partial charge in [-0.05, 0) is 32.0 Å². The SMILES string of the molecule is CCOC(=O)c1[nH]c2ccc(C(C)=O)cc2c1[N+](=O)[O-]. The predicted octanol–water partition coefficient (Wildman–Crippen LogP) is 2.46. The van der Waals surface area contributed by atoms with Crippen molar-refractivity contribution in [3.05, 3.63) is 39.6 Å².